The summed E-state index contributed by atoms with van der Waals surface area (Å²) in [5.41, 5.74) is 0.765. The number of nitrogens with one attached hydrogen (secondary N) is 2. The molecule has 2 rings (SSSR count). The quantitative estimate of drug-likeness (QED) is 0.591. The molecule has 3 N–H and O–H groups in total. The van der Waals surface area contributed by atoms with Gasteiger partial charge in [-0.3, -0.25) is 4.99 Å². The Morgan fingerprint density at radius 2 is 2.40 bits per heavy atom. The van der Waals surface area contributed by atoms with Crippen LogP contribution >= 0.6 is 11.8 Å². The van der Waals surface area contributed by atoms with Gasteiger partial charge in [-0.15, -0.1) is 0 Å². The molecule has 6 heteroatoms. The molecule has 1 fully saturated rings. The molecule has 1 aliphatic rings. The van der Waals surface area contributed by atoms with Gasteiger partial charge in [-0.2, -0.15) is 11.8 Å². The third-order valence-electron chi connectivity index (χ3n) is 3.20. The second kappa shape index (κ2) is 7.38. The van der Waals surface area contributed by atoms with E-state index in [1.807, 2.05) is 11.8 Å². The summed E-state index contributed by atoms with van der Waals surface area (Å²) in [7, 11) is 1.72. The molecule has 1 aliphatic heterocycles. The first-order valence-electron chi connectivity index (χ1n) is 6.71. The summed E-state index contributed by atoms with van der Waals surface area (Å²) in [6, 6.07) is 4.82. The molecule has 1 atom stereocenters. The number of hydrogen-bond acceptors (Lipinski definition) is 3. The molecule has 1 unspecified atom stereocenters. The van der Waals surface area contributed by atoms with E-state index in [-0.39, 0.29) is 5.75 Å². The van der Waals surface area contributed by atoms with Crippen LogP contribution in [0.25, 0.3) is 0 Å². The molecule has 1 heterocycles. The van der Waals surface area contributed by atoms with E-state index in [4.69, 9.17) is 5.11 Å². The molecule has 0 saturated carbocycles. The van der Waals surface area contributed by atoms with Gasteiger partial charge in [0.05, 0.1) is 0 Å². The maximum atomic E-state index is 13.2. The summed E-state index contributed by atoms with van der Waals surface area (Å²) in [5.74, 6) is 2.13. The van der Waals surface area contributed by atoms with E-state index in [1.54, 1.807) is 13.1 Å². The van der Waals surface area contributed by atoms with Crippen LogP contribution in [-0.4, -0.2) is 35.7 Å². The van der Waals surface area contributed by atoms with Crippen molar-refractivity contribution >= 4 is 17.7 Å². The predicted octanol–water partition coefficient (Wildman–Crippen LogP) is 2.09. The van der Waals surface area contributed by atoms with Crippen molar-refractivity contribution in [3.8, 4) is 5.75 Å². The Balaban J connectivity index is 1.85. The molecule has 0 aromatic heterocycles. The SMILES string of the molecule is CN=C(NCc1ccc(O)c(F)c1)NC1CCCSC1. The average Bonchev–Trinajstić information content (AvgIpc) is 2.48. The monoisotopic (exact) mass is 297 g/mol. The van der Waals surface area contributed by atoms with Gasteiger partial charge in [0.25, 0.3) is 0 Å². The van der Waals surface area contributed by atoms with Crippen LogP contribution in [0.5, 0.6) is 5.75 Å². The molecule has 0 bridgehead atoms. The van der Waals surface area contributed by atoms with E-state index in [9.17, 15) is 4.39 Å². The van der Waals surface area contributed by atoms with Crippen LogP contribution in [0.15, 0.2) is 23.2 Å². The van der Waals surface area contributed by atoms with E-state index < -0.39 is 5.82 Å². The van der Waals surface area contributed by atoms with Crippen LogP contribution in [0, 0.1) is 5.82 Å². The van der Waals surface area contributed by atoms with Gasteiger partial charge in [0.15, 0.2) is 17.5 Å². The topological polar surface area (TPSA) is 56.7 Å². The van der Waals surface area contributed by atoms with Crippen LogP contribution < -0.4 is 10.6 Å². The van der Waals surface area contributed by atoms with Crippen LogP contribution in [0.3, 0.4) is 0 Å². The first kappa shape index (κ1) is 15.0. The third-order valence-corrected chi connectivity index (χ3v) is 4.41. The van der Waals surface area contributed by atoms with Crippen LogP contribution in [0.4, 0.5) is 4.39 Å². The van der Waals surface area contributed by atoms with Gasteiger partial charge in [-0.05, 0) is 36.3 Å². The van der Waals surface area contributed by atoms with E-state index in [1.165, 1.54) is 24.3 Å². The molecule has 110 valence electrons. The van der Waals surface area contributed by atoms with Crippen molar-refractivity contribution in [2.24, 2.45) is 4.99 Å². The predicted molar refractivity (Wildman–Crippen MR) is 81.7 cm³/mol. The Hall–Kier alpha value is -1.43. The number of aliphatic imine (C=N–C) groups is 1. The number of guanidine groups is 1. The zero-order chi connectivity index (χ0) is 14.4. The van der Waals surface area contributed by atoms with E-state index in [0.29, 0.717) is 12.6 Å². The highest BCUT2D eigenvalue weighted by Gasteiger charge is 2.14. The number of benzene rings is 1. The van der Waals surface area contributed by atoms with Crippen molar-refractivity contribution < 1.29 is 9.50 Å². The Morgan fingerprint density at radius 1 is 1.55 bits per heavy atom. The largest absolute Gasteiger partial charge is 0.505 e. The highest BCUT2D eigenvalue weighted by molar-refractivity contribution is 7.99. The minimum absolute atomic E-state index is 0.324. The second-order valence-electron chi connectivity index (χ2n) is 4.77. The number of phenolic OH excluding ortho intramolecular Hbond substituents is 1. The van der Waals surface area contributed by atoms with Gasteiger partial charge in [0, 0.05) is 25.4 Å². The highest BCUT2D eigenvalue weighted by atomic mass is 32.2. The summed E-state index contributed by atoms with van der Waals surface area (Å²) in [6.07, 6.45) is 2.38. The minimum atomic E-state index is -0.601. The lowest BCUT2D eigenvalue weighted by atomic mass is 10.2. The Labute approximate surface area is 122 Å². The number of rotatable bonds is 3. The zero-order valence-corrected chi connectivity index (χ0v) is 12.3. The first-order chi connectivity index (χ1) is 9.69. The summed E-state index contributed by atoms with van der Waals surface area (Å²) in [4.78, 5) is 4.18. The van der Waals surface area contributed by atoms with E-state index in [0.717, 1.165) is 23.7 Å². The third kappa shape index (κ3) is 4.30. The van der Waals surface area contributed by atoms with Gasteiger partial charge in [-0.1, -0.05) is 6.07 Å². The molecule has 0 radical (unpaired) electrons. The Kier molecular flexibility index (Phi) is 5.52. The molecule has 0 spiro atoms. The molecular weight excluding hydrogens is 277 g/mol. The standard InChI is InChI=1S/C14H20FN3OS/c1-16-14(18-11-3-2-6-20-9-11)17-8-10-4-5-13(19)12(15)7-10/h4-5,7,11,19H,2-3,6,8-9H2,1H3,(H2,16,17,18). The smallest absolute Gasteiger partial charge is 0.191 e. The number of phenols is 1. The number of thioether (sulfide) groups is 1. The lowest BCUT2D eigenvalue weighted by molar-refractivity contribution is 0.431. The fourth-order valence-electron chi connectivity index (χ4n) is 2.09. The minimum Gasteiger partial charge on any atom is -0.505 e. The molecule has 1 aromatic rings. The van der Waals surface area contributed by atoms with Crippen molar-refractivity contribution in [2.75, 3.05) is 18.6 Å². The molecule has 20 heavy (non-hydrogen) atoms. The second-order valence-corrected chi connectivity index (χ2v) is 5.92. The van der Waals surface area contributed by atoms with Gasteiger partial charge in [0.2, 0.25) is 0 Å². The molecule has 0 amide bonds. The lowest BCUT2D eigenvalue weighted by Gasteiger charge is -2.24. The Morgan fingerprint density at radius 3 is 3.05 bits per heavy atom. The fourth-order valence-corrected chi connectivity index (χ4v) is 3.16. The van der Waals surface area contributed by atoms with Crippen molar-refractivity contribution in [3.63, 3.8) is 0 Å². The van der Waals surface area contributed by atoms with Crippen molar-refractivity contribution in [1.29, 1.82) is 0 Å². The van der Waals surface area contributed by atoms with Gasteiger partial charge < -0.3 is 15.7 Å². The molecule has 1 saturated heterocycles. The molecule has 0 aliphatic carbocycles. The fraction of sp³-hybridized carbons (Fsp3) is 0.500. The number of hydrogen-bond donors (Lipinski definition) is 3. The molecule has 4 nitrogen and oxygen atoms in total. The van der Waals surface area contributed by atoms with Crippen molar-refractivity contribution in [3.05, 3.63) is 29.6 Å². The van der Waals surface area contributed by atoms with Gasteiger partial charge in [0.1, 0.15) is 0 Å². The lowest BCUT2D eigenvalue weighted by Crippen LogP contribution is -2.45. The molecular formula is C14H20FN3OS. The summed E-state index contributed by atoms with van der Waals surface area (Å²) < 4.78 is 13.2. The van der Waals surface area contributed by atoms with E-state index in [2.05, 4.69) is 15.6 Å². The zero-order valence-electron chi connectivity index (χ0n) is 11.5. The van der Waals surface area contributed by atoms with Crippen LogP contribution in [0.2, 0.25) is 0 Å². The first-order valence-corrected chi connectivity index (χ1v) is 7.87. The van der Waals surface area contributed by atoms with Gasteiger partial charge in [-0.25, -0.2) is 4.39 Å². The van der Waals surface area contributed by atoms with Crippen molar-refractivity contribution in [1.82, 2.24) is 10.6 Å². The summed E-state index contributed by atoms with van der Waals surface area (Å²) >= 11 is 1.95. The van der Waals surface area contributed by atoms with Crippen LogP contribution in [0.1, 0.15) is 18.4 Å². The van der Waals surface area contributed by atoms with Gasteiger partial charge >= 0.3 is 0 Å². The Bertz CT molecular complexity index is 475. The van der Waals surface area contributed by atoms with Crippen LogP contribution in [-0.2, 0) is 6.54 Å². The van der Waals surface area contributed by atoms with Crippen molar-refractivity contribution in [2.45, 2.75) is 25.4 Å². The molecule has 1 aromatic carbocycles. The van der Waals surface area contributed by atoms with E-state index >= 15 is 0 Å². The average molecular weight is 297 g/mol. The summed E-state index contributed by atoms with van der Waals surface area (Å²) in [6.45, 7) is 0.469. The normalized spacial score (nSPS) is 19.7. The maximum Gasteiger partial charge on any atom is 0.191 e. The number of aromatic hydroxyl groups is 1. The summed E-state index contributed by atoms with van der Waals surface area (Å²) in [5, 5.41) is 15.7. The maximum absolute atomic E-state index is 13.2. The number of halogens is 1. The highest BCUT2D eigenvalue weighted by Crippen LogP contribution is 2.17. The number of nitrogens with zero attached hydrogens (tertiary/aromatic N) is 1.